The molecule has 170 valence electrons. The maximum absolute atomic E-state index is 12.9. The average molecular weight is 459 g/mol. The number of aromatic nitrogens is 3. The number of rotatable bonds is 4. The van der Waals surface area contributed by atoms with Crippen molar-refractivity contribution in [1.29, 1.82) is 0 Å². The molecule has 0 radical (unpaired) electrons. The van der Waals surface area contributed by atoms with Gasteiger partial charge in [0.05, 0.1) is 17.1 Å². The molecule has 6 heteroatoms. The number of aromatic amines is 1. The quantitative estimate of drug-likeness (QED) is 0.376. The van der Waals surface area contributed by atoms with E-state index in [1.54, 1.807) is 30.5 Å². The molecule has 6 nitrogen and oxygen atoms in total. The Balaban J connectivity index is 1.49. The number of nitrogens with one attached hydrogen (secondary N) is 1. The van der Waals surface area contributed by atoms with Crippen molar-refractivity contribution in [3.8, 4) is 0 Å². The van der Waals surface area contributed by atoms with Crippen LogP contribution in [0.4, 0.5) is 0 Å². The Kier molecular flexibility index (Phi) is 4.92. The molecule has 2 heterocycles. The van der Waals surface area contributed by atoms with E-state index in [-0.39, 0.29) is 0 Å². The Morgan fingerprint density at radius 1 is 0.800 bits per heavy atom. The molecule has 0 spiro atoms. The van der Waals surface area contributed by atoms with Gasteiger partial charge < -0.3 is 9.55 Å². The van der Waals surface area contributed by atoms with Crippen LogP contribution >= 0.6 is 0 Å². The van der Waals surface area contributed by atoms with Crippen LogP contribution in [-0.4, -0.2) is 20.4 Å². The largest absolute Gasteiger partial charge is 0.349 e. The predicted octanol–water partition coefficient (Wildman–Crippen LogP) is 5.04. The molecular weight excluding hydrogens is 436 g/mol. The van der Waals surface area contributed by atoms with Gasteiger partial charge in [0.15, 0.2) is 0 Å². The summed E-state index contributed by atoms with van der Waals surface area (Å²) in [6, 6.07) is 29.8. The molecule has 0 atom stereocenters. The lowest BCUT2D eigenvalue weighted by molar-refractivity contribution is 0.770. The van der Waals surface area contributed by atoms with E-state index in [0.717, 1.165) is 26.8 Å². The van der Waals surface area contributed by atoms with Crippen molar-refractivity contribution in [2.45, 2.75) is 13.5 Å². The molecule has 0 aliphatic rings. The first-order valence-corrected chi connectivity index (χ1v) is 11.4. The van der Waals surface area contributed by atoms with Crippen molar-refractivity contribution in [2.75, 3.05) is 0 Å². The first-order valence-electron chi connectivity index (χ1n) is 11.4. The highest BCUT2D eigenvalue weighted by Crippen LogP contribution is 2.27. The number of para-hydroxylation sites is 2. The number of benzene rings is 4. The molecule has 4 aromatic carbocycles. The lowest BCUT2D eigenvalue weighted by Gasteiger charge is -2.11. The summed E-state index contributed by atoms with van der Waals surface area (Å²) < 4.78 is 3.14. The summed E-state index contributed by atoms with van der Waals surface area (Å²) in [4.78, 5) is 28.2. The molecule has 0 amide bonds. The third kappa shape index (κ3) is 3.47. The molecule has 0 fully saturated rings. The van der Waals surface area contributed by atoms with Crippen molar-refractivity contribution in [3.05, 3.63) is 129 Å². The van der Waals surface area contributed by atoms with Gasteiger partial charge in [-0.2, -0.15) is 5.10 Å². The minimum atomic E-state index is -0.568. The second-order valence-electron chi connectivity index (χ2n) is 8.58. The fourth-order valence-electron chi connectivity index (χ4n) is 4.80. The fourth-order valence-corrected chi connectivity index (χ4v) is 4.80. The van der Waals surface area contributed by atoms with Crippen LogP contribution in [0.5, 0.6) is 0 Å². The first-order chi connectivity index (χ1) is 17.1. The second kappa shape index (κ2) is 8.25. The van der Waals surface area contributed by atoms with Gasteiger partial charge in [-0.1, -0.05) is 72.8 Å². The standard InChI is InChI=1S/C29H22N4O2/c1-19-25(17-30-33-28(34)24-14-4-6-15-26(24)31-29(33)35)23-13-5-7-16-27(23)32(19)18-21-11-8-10-20-9-2-3-12-22(20)21/h2-17H,18H2,1H3,(H,31,35). The molecule has 0 saturated heterocycles. The van der Waals surface area contributed by atoms with Gasteiger partial charge in [-0.05, 0) is 41.5 Å². The normalized spacial score (nSPS) is 11.8. The van der Waals surface area contributed by atoms with Crippen molar-refractivity contribution >= 4 is 38.8 Å². The number of fused-ring (bicyclic) bond motifs is 3. The molecule has 0 bridgehead atoms. The van der Waals surface area contributed by atoms with E-state index >= 15 is 0 Å². The molecule has 0 unspecified atom stereocenters. The minimum Gasteiger partial charge on any atom is -0.340 e. The van der Waals surface area contributed by atoms with E-state index < -0.39 is 11.2 Å². The molecule has 2 aromatic heterocycles. The number of hydrogen-bond acceptors (Lipinski definition) is 3. The van der Waals surface area contributed by atoms with E-state index in [4.69, 9.17) is 0 Å². The van der Waals surface area contributed by atoms with E-state index in [1.165, 1.54) is 16.3 Å². The van der Waals surface area contributed by atoms with Crippen LogP contribution in [0, 0.1) is 6.92 Å². The van der Waals surface area contributed by atoms with Crippen LogP contribution < -0.4 is 11.2 Å². The summed E-state index contributed by atoms with van der Waals surface area (Å²) in [5.41, 5.74) is 3.65. The van der Waals surface area contributed by atoms with Crippen LogP contribution in [0.25, 0.3) is 32.6 Å². The fraction of sp³-hybridized carbons (Fsp3) is 0.0690. The minimum absolute atomic E-state index is 0.416. The first kappa shape index (κ1) is 20.9. The highest BCUT2D eigenvalue weighted by molar-refractivity contribution is 6.01. The van der Waals surface area contributed by atoms with E-state index in [9.17, 15) is 9.59 Å². The molecule has 6 rings (SSSR count). The molecule has 6 aromatic rings. The van der Waals surface area contributed by atoms with Crippen molar-refractivity contribution < 1.29 is 0 Å². The third-order valence-corrected chi connectivity index (χ3v) is 6.57. The monoisotopic (exact) mass is 458 g/mol. The van der Waals surface area contributed by atoms with Gasteiger partial charge in [0.2, 0.25) is 0 Å². The van der Waals surface area contributed by atoms with Gasteiger partial charge >= 0.3 is 5.69 Å². The Hall–Kier alpha value is -4.71. The summed E-state index contributed by atoms with van der Waals surface area (Å²) in [5.74, 6) is 0. The summed E-state index contributed by atoms with van der Waals surface area (Å²) in [6.07, 6.45) is 1.61. The van der Waals surface area contributed by atoms with Crippen molar-refractivity contribution in [3.63, 3.8) is 0 Å². The average Bonchev–Trinajstić information content (AvgIpc) is 3.15. The number of nitrogens with zero attached hydrogens (tertiary/aromatic N) is 3. The van der Waals surface area contributed by atoms with Crippen LogP contribution in [-0.2, 0) is 6.54 Å². The zero-order valence-electron chi connectivity index (χ0n) is 19.1. The van der Waals surface area contributed by atoms with Gasteiger partial charge in [-0.3, -0.25) is 4.79 Å². The predicted molar refractivity (Wildman–Crippen MR) is 142 cm³/mol. The molecule has 35 heavy (non-hydrogen) atoms. The topological polar surface area (TPSA) is 72.2 Å². The van der Waals surface area contributed by atoms with Crippen LogP contribution in [0.3, 0.4) is 0 Å². The van der Waals surface area contributed by atoms with E-state index in [0.29, 0.717) is 17.4 Å². The van der Waals surface area contributed by atoms with Crippen molar-refractivity contribution in [2.24, 2.45) is 5.10 Å². The zero-order chi connectivity index (χ0) is 23.9. The highest BCUT2D eigenvalue weighted by Gasteiger charge is 2.14. The van der Waals surface area contributed by atoms with Crippen molar-refractivity contribution in [1.82, 2.24) is 14.2 Å². The highest BCUT2D eigenvalue weighted by atomic mass is 16.2. The van der Waals surface area contributed by atoms with Gasteiger partial charge in [0, 0.05) is 28.7 Å². The molecule has 0 aliphatic carbocycles. The van der Waals surface area contributed by atoms with Crippen LogP contribution in [0.1, 0.15) is 16.8 Å². The van der Waals surface area contributed by atoms with Crippen LogP contribution in [0.2, 0.25) is 0 Å². The molecule has 0 aliphatic heterocycles. The van der Waals surface area contributed by atoms with Gasteiger partial charge in [0.1, 0.15) is 0 Å². The maximum atomic E-state index is 12.9. The molecule has 0 saturated carbocycles. The van der Waals surface area contributed by atoms with Gasteiger partial charge in [-0.15, -0.1) is 4.68 Å². The van der Waals surface area contributed by atoms with Gasteiger partial charge in [0.25, 0.3) is 5.56 Å². The molecule has 1 N–H and O–H groups in total. The summed E-state index contributed by atoms with van der Waals surface area (Å²) in [6.45, 7) is 2.73. The van der Waals surface area contributed by atoms with E-state index in [1.807, 2.05) is 31.2 Å². The summed E-state index contributed by atoms with van der Waals surface area (Å²) in [5, 5.41) is 8.18. The summed E-state index contributed by atoms with van der Waals surface area (Å²) >= 11 is 0. The smallest absolute Gasteiger partial charge is 0.340 e. The second-order valence-corrected chi connectivity index (χ2v) is 8.58. The Labute approximate surface area is 200 Å². The Bertz CT molecular complexity index is 1880. The molecular formula is C29H22N4O2. The SMILES string of the molecule is Cc1c(C=Nn2c(=O)[nH]c3ccccc3c2=O)c2ccccc2n1Cc1cccc2ccccc12. The lowest BCUT2D eigenvalue weighted by Crippen LogP contribution is -2.32. The number of H-pyrrole nitrogens is 1. The van der Waals surface area contributed by atoms with Crippen LogP contribution in [0.15, 0.2) is 106 Å². The zero-order valence-corrected chi connectivity index (χ0v) is 19.1. The number of hydrogen-bond donors (Lipinski definition) is 1. The van der Waals surface area contributed by atoms with E-state index in [2.05, 4.69) is 57.1 Å². The Morgan fingerprint density at radius 2 is 1.49 bits per heavy atom. The van der Waals surface area contributed by atoms with Gasteiger partial charge in [-0.25, -0.2) is 4.79 Å². The third-order valence-electron chi connectivity index (χ3n) is 6.57. The lowest BCUT2D eigenvalue weighted by atomic mass is 10.0. The maximum Gasteiger partial charge on any atom is 0.349 e. The Morgan fingerprint density at radius 3 is 2.34 bits per heavy atom. The summed E-state index contributed by atoms with van der Waals surface area (Å²) in [7, 11) is 0.